The molecule has 1 saturated carbocycles. The molecule has 0 bridgehead atoms. The number of nitro groups is 1. The third kappa shape index (κ3) is 2.82. The van der Waals surface area contributed by atoms with Gasteiger partial charge < -0.3 is 9.88 Å². The molecule has 1 aromatic carbocycles. The van der Waals surface area contributed by atoms with Crippen molar-refractivity contribution in [2.75, 3.05) is 7.05 Å². The Bertz CT molecular complexity index is 739. The minimum Gasteiger partial charge on any atom is -0.355 e. The van der Waals surface area contributed by atoms with Crippen molar-refractivity contribution >= 4 is 23.4 Å². The van der Waals surface area contributed by atoms with Crippen molar-refractivity contribution in [1.82, 2.24) is 14.9 Å². The fraction of sp³-hybridized carbons (Fsp3) is 0.286. The second-order valence-electron chi connectivity index (χ2n) is 4.97. The van der Waals surface area contributed by atoms with E-state index in [0.717, 1.165) is 18.0 Å². The van der Waals surface area contributed by atoms with Crippen LogP contribution in [-0.4, -0.2) is 27.4 Å². The Balaban J connectivity index is 1.94. The summed E-state index contributed by atoms with van der Waals surface area (Å²) in [5, 5.41) is 14.5. The SMILES string of the molecule is CNC(=O)c1ccc(Sc2nccn2C2CC2)c([N+](=O)[O-])c1. The van der Waals surface area contributed by atoms with Crippen LogP contribution in [0.3, 0.4) is 0 Å². The van der Waals surface area contributed by atoms with E-state index in [1.54, 1.807) is 18.3 Å². The number of benzene rings is 1. The Hall–Kier alpha value is -2.35. The van der Waals surface area contributed by atoms with Gasteiger partial charge >= 0.3 is 0 Å². The molecular weight excluding hydrogens is 304 g/mol. The summed E-state index contributed by atoms with van der Waals surface area (Å²) in [6, 6.07) is 4.93. The zero-order valence-corrected chi connectivity index (χ0v) is 12.7. The second-order valence-corrected chi connectivity index (χ2v) is 5.98. The number of rotatable bonds is 5. The van der Waals surface area contributed by atoms with Gasteiger partial charge in [0, 0.05) is 37.1 Å². The van der Waals surface area contributed by atoms with E-state index in [1.807, 2.05) is 10.8 Å². The predicted octanol–water partition coefficient (Wildman–Crippen LogP) is 2.64. The third-order valence-electron chi connectivity index (χ3n) is 3.42. The van der Waals surface area contributed by atoms with Crippen molar-refractivity contribution in [2.45, 2.75) is 28.9 Å². The molecule has 0 radical (unpaired) electrons. The number of hydrogen-bond acceptors (Lipinski definition) is 5. The number of amides is 1. The van der Waals surface area contributed by atoms with Gasteiger partial charge in [0.2, 0.25) is 0 Å². The number of imidazole rings is 1. The molecule has 22 heavy (non-hydrogen) atoms. The van der Waals surface area contributed by atoms with Crippen molar-refractivity contribution < 1.29 is 9.72 Å². The molecule has 1 aromatic heterocycles. The second kappa shape index (κ2) is 5.80. The Morgan fingerprint density at radius 1 is 1.50 bits per heavy atom. The highest BCUT2D eigenvalue weighted by atomic mass is 32.2. The molecule has 0 aliphatic heterocycles. The number of carbonyl (C=O) groups excluding carboxylic acids is 1. The first kappa shape index (κ1) is 14.6. The van der Waals surface area contributed by atoms with Gasteiger partial charge in [-0.05, 0) is 36.7 Å². The van der Waals surface area contributed by atoms with E-state index in [2.05, 4.69) is 10.3 Å². The number of hydrogen-bond donors (Lipinski definition) is 1. The van der Waals surface area contributed by atoms with E-state index in [4.69, 9.17) is 0 Å². The van der Waals surface area contributed by atoms with Crippen molar-refractivity contribution in [1.29, 1.82) is 0 Å². The molecule has 0 saturated heterocycles. The monoisotopic (exact) mass is 318 g/mol. The van der Waals surface area contributed by atoms with Crippen LogP contribution in [0.1, 0.15) is 29.2 Å². The largest absolute Gasteiger partial charge is 0.355 e. The average Bonchev–Trinajstić information content (AvgIpc) is 3.26. The maximum atomic E-state index is 11.6. The highest BCUT2D eigenvalue weighted by Gasteiger charge is 2.27. The molecule has 1 aliphatic rings. The number of carbonyl (C=O) groups is 1. The van der Waals surface area contributed by atoms with Crippen LogP contribution in [0.25, 0.3) is 0 Å². The Kier molecular flexibility index (Phi) is 3.84. The first-order valence-corrected chi connectivity index (χ1v) is 7.63. The molecule has 1 heterocycles. The summed E-state index contributed by atoms with van der Waals surface area (Å²) >= 11 is 1.25. The van der Waals surface area contributed by atoms with E-state index in [0.29, 0.717) is 10.9 Å². The minimum absolute atomic E-state index is 0.0866. The van der Waals surface area contributed by atoms with Crippen molar-refractivity contribution in [3.8, 4) is 0 Å². The quantitative estimate of drug-likeness (QED) is 0.676. The van der Waals surface area contributed by atoms with Crippen LogP contribution in [0.5, 0.6) is 0 Å². The smallest absolute Gasteiger partial charge is 0.284 e. The first-order valence-electron chi connectivity index (χ1n) is 6.81. The van der Waals surface area contributed by atoms with Gasteiger partial charge in [0.25, 0.3) is 11.6 Å². The summed E-state index contributed by atoms with van der Waals surface area (Å²) in [6.07, 6.45) is 5.82. The fourth-order valence-electron chi connectivity index (χ4n) is 2.14. The van der Waals surface area contributed by atoms with Gasteiger partial charge in [-0.1, -0.05) is 0 Å². The molecule has 0 unspecified atom stereocenters. The van der Waals surface area contributed by atoms with Crippen LogP contribution in [0.15, 0.2) is 40.6 Å². The molecule has 8 heteroatoms. The Morgan fingerprint density at radius 2 is 2.27 bits per heavy atom. The molecule has 1 N–H and O–H groups in total. The van der Waals surface area contributed by atoms with Crippen molar-refractivity contribution in [3.05, 3.63) is 46.3 Å². The van der Waals surface area contributed by atoms with E-state index in [-0.39, 0.29) is 17.2 Å². The lowest BCUT2D eigenvalue weighted by molar-refractivity contribution is -0.387. The lowest BCUT2D eigenvalue weighted by atomic mass is 10.2. The summed E-state index contributed by atoms with van der Waals surface area (Å²) in [4.78, 5) is 27.2. The maximum absolute atomic E-state index is 11.6. The standard InChI is InChI=1S/C14H14N4O3S/c1-15-13(19)9-2-5-12(11(8-9)18(20)21)22-14-16-6-7-17(14)10-3-4-10/h2,5-8,10H,3-4H2,1H3,(H,15,19). The molecule has 1 fully saturated rings. The molecule has 1 aliphatic carbocycles. The van der Waals surface area contributed by atoms with Gasteiger partial charge in [-0.25, -0.2) is 4.98 Å². The predicted molar refractivity (Wildman–Crippen MR) is 81.1 cm³/mol. The van der Waals surface area contributed by atoms with Gasteiger partial charge in [-0.15, -0.1) is 0 Å². The van der Waals surface area contributed by atoms with Crippen LogP contribution in [0, 0.1) is 10.1 Å². The molecule has 114 valence electrons. The van der Waals surface area contributed by atoms with Crippen LogP contribution in [0.2, 0.25) is 0 Å². The van der Waals surface area contributed by atoms with E-state index in [9.17, 15) is 14.9 Å². The lowest BCUT2D eigenvalue weighted by Gasteiger charge is -2.07. The number of aromatic nitrogens is 2. The van der Waals surface area contributed by atoms with E-state index < -0.39 is 4.92 Å². The molecular formula is C14H14N4O3S. The van der Waals surface area contributed by atoms with E-state index in [1.165, 1.54) is 24.9 Å². The summed E-state index contributed by atoms with van der Waals surface area (Å²) in [6.45, 7) is 0. The van der Waals surface area contributed by atoms with E-state index >= 15 is 0 Å². The van der Waals surface area contributed by atoms with Gasteiger partial charge in [0.1, 0.15) is 0 Å². The van der Waals surface area contributed by atoms with Crippen LogP contribution in [-0.2, 0) is 0 Å². The fourth-order valence-corrected chi connectivity index (χ4v) is 3.14. The highest BCUT2D eigenvalue weighted by molar-refractivity contribution is 7.99. The van der Waals surface area contributed by atoms with Gasteiger partial charge in [0.15, 0.2) is 5.16 Å². The molecule has 0 atom stereocenters. The van der Waals surface area contributed by atoms with Crippen LogP contribution < -0.4 is 5.32 Å². The summed E-state index contributed by atoms with van der Waals surface area (Å²) in [7, 11) is 1.49. The van der Waals surface area contributed by atoms with Gasteiger partial charge in [-0.2, -0.15) is 0 Å². The Labute approximate surface area is 130 Å². The van der Waals surface area contributed by atoms with Crippen molar-refractivity contribution in [3.63, 3.8) is 0 Å². The lowest BCUT2D eigenvalue weighted by Crippen LogP contribution is -2.17. The average molecular weight is 318 g/mol. The number of nitrogens with one attached hydrogen (secondary N) is 1. The van der Waals surface area contributed by atoms with Crippen LogP contribution >= 0.6 is 11.8 Å². The molecule has 3 rings (SSSR count). The topological polar surface area (TPSA) is 90.1 Å². The van der Waals surface area contributed by atoms with Gasteiger partial charge in [0.05, 0.1) is 9.82 Å². The maximum Gasteiger partial charge on any atom is 0.284 e. The highest BCUT2D eigenvalue weighted by Crippen LogP contribution is 2.41. The number of nitro benzene ring substituents is 1. The number of nitrogens with zero attached hydrogens (tertiary/aromatic N) is 3. The molecule has 2 aromatic rings. The molecule has 7 nitrogen and oxygen atoms in total. The summed E-state index contributed by atoms with van der Waals surface area (Å²) < 4.78 is 2.04. The van der Waals surface area contributed by atoms with Crippen LogP contribution in [0.4, 0.5) is 5.69 Å². The molecule has 1 amide bonds. The minimum atomic E-state index is -0.473. The first-order chi connectivity index (χ1) is 10.6. The summed E-state index contributed by atoms with van der Waals surface area (Å²) in [5.74, 6) is -0.348. The zero-order valence-electron chi connectivity index (χ0n) is 11.9. The Morgan fingerprint density at radius 3 is 2.91 bits per heavy atom. The third-order valence-corrected chi connectivity index (χ3v) is 4.48. The van der Waals surface area contributed by atoms with Crippen molar-refractivity contribution in [2.24, 2.45) is 0 Å². The summed E-state index contributed by atoms with van der Waals surface area (Å²) in [5.41, 5.74) is 0.181. The molecule has 0 spiro atoms. The normalized spacial score (nSPS) is 13.9. The van der Waals surface area contributed by atoms with Gasteiger partial charge in [-0.3, -0.25) is 14.9 Å². The zero-order chi connectivity index (χ0) is 15.7.